The highest BCUT2D eigenvalue weighted by Crippen LogP contribution is 2.42. The number of allylic oxidation sites excluding steroid dienone is 5. The van der Waals surface area contributed by atoms with Crippen LogP contribution in [-0.2, 0) is 0 Å². The van der Waals surface area contributed by atoms with Crippen molar-refractivity contribution < 1.29 is 0 Å². The summed E-state index contributed by atoms with van der Waals surface area (Å²) in [5.41, 5.74) is 19.1. The van der Waals surface area contributed by atoms with E-state index in [-0.39, 0.29) is 5.92 Å². The van der Waals surface area contributed by atoms with Crippen molar-refractivity contribution in [1.82, 2.24) is 0 Å². The van der Waals surface area contributed by atoms with Crippen LogP contribution < -0.4 is 9.80 Å². The van der Waals surface area contributed by atoms with Crippen LogP contribution >= 0.6 is 0 Å². The van der Waals surface area contributed by atoms with Gasteiger partial charge in [0.15, 0.2) is 0 Å². The number of hydrogen-bond donors (Lipinski definition) is 0. The topological polar surface area (TPSA) is 6.48 Å². The second-order valence-corrected chi connectivity index (χ2v) is 17.5. The highest BCUT2D eigenvalue weighted by atomic mass is 15.1. The summed E-state index contributed by atoms with van der Waals surface area (Å²) in [6.45, 7) is 4.53. The summed E-state index contributed by atoms with van der Waals surface area (Å²) in [4.78, 5) is 4.61. The lowest BCUT2D eigenvalue weighted by molar-refractivity contribution is 0.844. The Morgan fingerprint density at radius 2 is 0.687 bits per heavy atom. The zero-order chi connectivity index (χ0) is 45.4. The third-order valence-corrected chi connectivity index (χ3v) is 12.8. The molecule has 0 bridgehead atoms. The fourth-order valence-corrected chi connectivity index (χ4v) is 9.33. The van der Waals surface area contributed by atoms with Crippen LogP contribution in [0.1, 0.15) is 48.4 Å². The van der Waals surface area contributed by atoms with Crippen molar-refractivity contribution in [2.75, 3.05) is 9.80 Å². The lowest BCUT2D eigenvalue weighted by atomic mass is 9.79. The molecule has 0 heterocycles. The zero-order valence-corrected chi connectivity index (χ0v) is 38.2. The van der Waals surface area contributed by atoms with Gasteiger partial charge in [0.25, 0.3) is 0 Å². The average Bonchev–Trinajstić information content (AvgIpc) is 3.40. The first-order valence-electron chi connectivity index (χ1n) is 23.5. The molecule has 2 nitrogen and oxygen atoms in total. The van der Waals surface area contributed by atoms with E-state index in [9.17, 15) is 0 Å². The van der Waals surface area contributed by atoms with E-state index in [4.69, 9.17) is 0 Å². The van der Waals surface area contributed by atoms with Gasteiger partial charge in [-0.1, -0.05) is 208 Å². The van der Waals surface area contributed by atoms with Crippen LogP contribution in [0, 0.1) is 5.92 Å². The molecule has 0 saturated carbocycles. The van der Waals surface area contributed by atoms with E-state index in [1.165, 1.54) is 55.7 Å². The quantitative estimate of drug-likeness (QED) is 0.107. The van der Waals surface area contributed by atoms with Gasteiger partial charge < -0.3 is 9.80 Å². The third-order valence-electron chi connectivity index (χ3n) is 12.8. The Kier molecular flexibility index (Phi) is 12.7. The van der Waals surface area contributed by atoms with Gasteiger partial charge in [-0.3, -0.25) is 0 Å². The minimum absolute atomic E-state index is 0.210. The summed E-state index contributed by atoms with van der Waals surface area (Å²) in [6, 6.07) is 87.9. The Balaban J connectivity index is 1.01. The lowest BCUT2D eigenvalue weighted by Crippen LogP contribution is -2.09. The predicted molar refractivity (Wildman–Crippen MR) is 286 cm³/mol. The van der Waals surface area contributed by atoms with Crippen LogP contribution in [0.2, 0.25) is 0 Å². The largest absolute Gasteiger partial charge is 0.311 e. The first-order chi connectivity index (χ1) is 33.1. The van der Waals surface area contributed by atoms with E-state index in [1.54, 1.807) is 0 Å². The smallest absolute Gasteiger partial charge is 0.0462 e. The molecular weight excluding hydrogens is 809 g/mol. The van der Waals surface area contributed by atoms with Crippen molar-refractivity contribution >= 4 is 45.3 Å². The standard InChI is InChI=1S/C65H54N2/c1-48(2)49-28-34-55(35-29-49)65(57-38-32-51(33-39-57)53-42-46-63(47-43-53)67(60-24-14-6-15-25-60)61-26-16-7-17-27-61)64(54-18-8-3-9-19-54)56-36-30-50(31-37-56)52-40-44-62(45-41-52)66(58-20-10-4-11-21-58)59-22-12-5-13-23-59/h3-18,20-48,54H,19H2,1-2H3/b65-64-. The van der Waals surface area contributed by atoms with Gasteiger partial charge in [-0.15, -0.1) is 0 Å². The Bertz CT molecular complexity index is 3020. The molecule has 1 aliphatic rings. The second-order valence-electron chi connectivity index (χ2n) is 17.5. The maximum atomic E-state index is 2.37. The summed E-state index contributed by atoms with van der Waals surface area (Å²) < 4.78 is 0. The van der Waals surface area contributed by atoms with Crippen molar-refractivity contribution in [2.24, 2.45) is 5.92 Å². The average molecular weight is 863 g/mol. The van der Waals surface area contributed by atoms with Crippen molar-refractivity contribution in [3.05, 3.63) is 289 Å². The molecule has 9 aromatic rings. The van der Waals surface area contributed by atoms with Gasteiger partial charge in [0.2, 0.25) is 0 Å². The summed E-state index contributed by atoms with van der Waals surface area (Å²) in [7, 11) is 0. The maximum Gasteiger partial charge on any atom is 0.0462 e. The van der Waals surface area contributed by atoms with Gasteiger partial charge in [0, 0.05) is 40.0 Å². The van der Waals surface area contributed by atoms with E-state index in [0.29, 0.717) is 5.92 Å². The molecule has 9 aromatic carbocycles. The van der Waals surface area contributed by atoms with E-state index in [1.807, 2.05) is 0 Å². The highest BCUT2D eigenvalue weighted by molar-refractivity contribution is 6.00. The Labute approximate surface area is 396 Å². The monoisotopic (exact) mass is 862 g/mol. The van der Waals surface area contributed by atoms with Crippen molar-refractivity contribution in [1.29, 1.82) is 0 Å². The number of para-hydroxylation sites is 4. The molecule has 0 fully saturated rings. The van der Waals surface area contributed by atoms with Gasteiger partial charge >= 0.3 is 0 Å². The van der Waals surface area contributed by atoms with E-state index < -0.39 is 0 Å². The molecule has 0 N–H and O–H groups in total. The first kappa shape index (κ1) is 42.7. The summed E-state index contributed by atoms with van der Waals surface area (Å²) in [5.74, 6) is 0.660. The molecule has 10 rings (SSSR count). The van der Waals surface area contributed by atoms with Gasteiger partial charge in [-0.2, -0.15) is 0 Å². The molecule has 0 amide bonds. The minimum atomic E-state index is 0.210. The molecule has 2 heteroatoms. The number of rotatable bonds is 13. The second kappa shape index (κ2) is 19.9. The Morgan fingerprint density at radius 1 is 0.358 bits per heavy atom. The van der Waals surface area contributed by atoms with Gasteiger partial charge in [-0.25, -0.2) is 0 Å². The summed E-state index contributed by atoms with van der Waals surface area (Å²) in [5, 5.41) is 0. The van der Waals surface area contributed by atoms with Crippen molar-refractivity contribution in [2.45, 2.75) is 26.2 Å². The van der Waals surface area contributed by atoms with Gasteiger partial charge in [-0.05, 0) is 141 Å². The van der Waals surface area contributed by atoms with Crippen LogP contribution in [-0.4, -0.2) is 0 Å². The number of benzene rings is 9. The molecule has 0 aromatic heterocycles. The highest BCUT2D eigenvalue weighted by Gasteiger charge is 2.22. The normalized spacial score (nSPS) is 13.6. The van der Waals surface area contributed by atoms with Gasteiger partial charge in [0.1, 0.15) is 0 Å². The van der Waals surface area contributed by atoms with E-state index in [2.05, 4.69) is 291 Å². The minimum Gasteiger partial charge on any atom is -0.311 e. The summed E-state index contributed by atoms with van der Waals surface area (Å²) in [6.07, 6.45) is 10.0. The zero-order valence-electron chi connectivity index (χ0n) is 38.2. The Morgan fingerprint density at radius 3 is 1.03 bits per heavy atom. The maximum absolute atomic E-state index is 2.37. The van der Waals surface area contributed by atoms with Crippen LogP contribution in [0.4, 0.5) is 34.1 Å². The molecule has 0 radical (unpaired) electrons. The van der Waals surface area contributed by atoms with E-state index in [0.717, 1.165) is 40.5 Å². The SMILES string of the molecule is CC(C)c1ccc(/C(=C(/c2ccc(-c3ccc(N(c4ccccc4)c4ccccc4)cc3)cc2)C2C=CC=CC2)c2ccc(-c3ccc(N(c4ccccc4)c4ccccc4)cc3)cc2)cc1. The predicted octanol–water partition coefficient (Wildman–Crippen LogP) is 18.2. The Hall–Kier alpha value is -8.20. The van der Waals surface area contributed by atoms with Crippen LogP contribution in [0.25, 0.3) is 33.4 Å². The number of hydrogen-bond acceptors (Lipinski definition) is 2. The fourth-order valence-electron chi connectivity index (χ4n) is 9.33. The lowest BCUT2D eigenvalue weighted by Gasteiger charge is -2.26. The molecule has 1 atom stereocenters. The molecule has 67 heavy (non-hydrogen) atoms. The molecule has 0 spiro atoms. The van der Waals surface area contributed by atoms with Gasteiger partial charge in [0.05, 0.1) is 0 Å². The third kappa shape index (κ3) is 9.48. The molecule has 324 valence electrons. The molecule has 0 saturated heterocycles. The molecule has 1 aliphatic carbocycles. The van der Waals surface area contributed by atoms with Crippen molar-refractivity contribution in [3.8, 4) is 22.3 Å². The van der Waals surface area contributed by atoms with Crippen LogP contribution in [0.3, 0.4) is 0 Å². The fraction of sp³-hybridized carbons (Fsp3) is 0.0769. The summed E-state index contributed by atoms with van der Waals surface area (Å²) >= 11 is 0. The van der Waals surface area contributed by atoms with E-state index >= 15 is 0 Å². The molecule has 1 unspecified atom stereocenters. The van der Waals surface area contributed by atoms with Crippen molar-refractivity contribution in [3.63, 3.8) is 0 Å². The molecular formula is C65H54N2. The number of anilines is 6. The molecule has 0 aliphatic heterocycles. The van der Waals surface area contributed by atoms with Crippen LogP contribution in [0.5, 0.6) is 0 Å². The van der Waals surface area contributed by atoms with Crippen LogP contribution in [0.15, 0.2) is 267 Å². The first-order valence-corrected chi connectivity index (χ1v) is 23.5. The number of nitrogens with zero attached hydrogens (tertiary/aromatic N) is 2.